The third kappa shape index (κ3) is 3.90. The molecule has 0 spiro atoms. The van der Waals surface area contributed by atoms with Gasteiger partial charge in [0.1, 0.15) is 0 Å². The highest BCUT2D eigenvalue weighted by atomic mass is 127. The van der Waals surface area contributed by atoms with Crippen molar-refractivity contribution < 1.29 is 0 Å². The van der Waals surface area contributed by atoms with Gasteiger partial charge in [-0.1, -0.05) is 27.7 Å². The first-order valence-electron chi connectivity index (χ1n) is 5.53. The Balaban J connectivity index is 2.43. The molecule has 0 saturated heterocycles. The second-order valence-electron chi connectivity index (χ2n) is 3.71. The lowest BCUT2D eigenvalue weighted by Crippen LogP contribution is -2.07. The Bertz CT molecular complexity index is 641. The molecule has 104 valence electrons. The summed E-state index contributed by atoms with van der Waals surface area (Å²) in [5.41, 5.74) is 2.79. The highest BCUT2D eigenvalue weighted by molar-refractivity contribution is 14.2. The molecule has 0 aliphatic heterocycles. The second kappa shape index (κ2) is 7.68. The van der Waals surface area contributed by atoms with Crippen molar-refractivity contribution in [1.29, 1.82) is 5.41 Å². The standard InChI is InChI=1S/C12H11BrIN4PS/c1-20-12-16-5-4-10(17-12)11(15)8-6-7(13)2-3-9(8)18-19-14/h2-6,15,18-19H,1H3. The molecule has 0 saturated carbocycles. The monoisotopic (exact) mass is 480 g/mol. The zero-order chi connectivity index (χ0) is 14.5. The number of nitrogens with zero attached hydrogens (tertiary/aromatic N) is 2. The van der Waals surface area contributed by atoms with Crippen LogP contribution in [0.2, 0.25) is 0 Å². The van der Waals surface area contributed by atoms with E-state index >= 15 is 0 Å². The maximum atomic E-state index is 8.40. The van der Waals surface area contributed by atoms with E-state index in [9.17, 15) is 0 Å². The smallest absolute Gasteiger partial charge is 0.187 e. The van der Waals surface area contributed by atoms with E-state index in [4.69, 9.17) is 5.41 Å². The zero-order valence-electron chi connectivity index (χ0n) is 10.4. The summed E-state index contributed by atoms with van der Waals surface area (Å²) in [6.07, 6.45) is 4.16. The summed E-state index contributed by atoms with van der Waals surface area (Å²) in [6.45, 7) is 0. The van der Waals surface area contributed by atoms with Gasteiger partial charge in [-0.2, -0.15) is 0 Å². The summed E-state index contributed by atoms with van der Waals surface area (Å²) < 4.78 is 0.943. The fraction of sp³-hybridized carbons (Fsp3) is 0.0833. The quantitative estimate of drug-likeness (QED) is 0.213. The molecule has 0 aliphatic rings. The maximum Gasteiger partial charge on any atom is 0.187 e. The molecule has 1 aromatic heterocycles. The van der Waals surface area contributed by atoms with Crippen LogP contribution < -0.4 is 5.09 Å². The lowest BCUT2D eigenvalue weighted by Gasteiger charge is -2.12. The minimum Gasteiger partial charge on any atom is -0.358 e. The minimum atomic E-state index is 0.390. The highest BCUT2D eigenvalue weighted by Crippen LogP contribution is 2.30. The number of benzene rings is 1. The average Bonchev–Trinajstić information content (AvgIpc) is 2.48. The highest BCUT2D eigenvalue weighted by Gasteiger charge is 2.12. The normalized spacial score (nSPS) is 10.9. The molecule has 1 atom stereocenters. The number of rotatable bonds is 5. The molecule has 8 heteroatoms. The predicted octanol–water partition coefficient (Wildman–Crippen LogP) is 4.73. The molecule has 2 aromatic rings. The van der Waals surface area contributed by atoms with Crippen LogP contribution in [-0.4, -0.2) is 21.9 Å². The number of nitrogens with one attached hydrogen (secondary N) is 2. The fourth-order valence-corrected chi connectivity index (χ4v) is 3.51. The first-order chi connectivity index (χ1) is 9.65. The van der Waals surface area contributed by atoms with Crippen LogP contribution in [0.25, 0.3) is 0 Å². The largest absolute Gasteiger partial charge is 0.358 e. The molecule has 0 amide bonds. The van der Waals surface area contributed by atoms with E-state index in [1.807, 2.05) is 24.5 Å². The predicted molar refractivity (Wildman–Crippen MR) is 99.8 cm³/mol. The summed E-state index contributed by atoms with van der Waals surface area (Å²) in [5.74, 6) is 0. The van der Waals surface area contributed by atoms with E-state index in [1.54, 1.807) is 12.3 Å². The van der Waals surface area contributed by atoms with Gasteiger partial charge >= 0.3 is 0 Å². The molecule has 20 heavy (non-hydrogen) atoms. The number of hydrogen-bond acceptors (Lipinski definition) is 5. The first kappa shape index (κ1) is 16.1. The van der Waals surface area contributed by atoms with Crippen molar-refractivity contribution in [3.63, 3.8) is 0 Å². The molecule has 0 bridgehead atoms. The van der Waals surface area contributed by atoms with Crippen LogP contribution in [0.4, 0.5) is 5.69 Å². The SMILES string of the molecule is CSc1nccc(C(=N)c2cc(Br)ccc2NPI)n1. The Morgan fingerprint density at radius 2 is 2.25 bits per heavy atom. The number of hydrogen-bond donors (Lipinski definition) is 2. The second-order valence-corrected chi connectivity index (χ2v) is 7.46. The van der Waals surface area contributed by atoms with Crippen molar-refractivity contribution in [2.45, 2.75) is 5.16 Å². The van der Waals surface area contributed by atoms with E-state index < -0.39 is 0 Å². The van der Waals surface area contributed by atoms with Crippen LogP contribution in [0.1, 0.15) is 11.3 Å². The van der Waals surface area contributed by atoms with Gasteiger partial charge < -0.3 is 5.09 Å². The third-order valence-electron chi connectivity index (χ3n) is 2.51. The summed E-state index contributed by atoms with van der Waals surface area (Å²) in [7, 11) is 0. The minimum absolute atomic E-state index is 0.390. The van der Waals surface area contributed by atoms with Crippen LogP contribution in [0.15, 0.2) is 40.1 Å². The van der Waals surface area contributed by atoms with Gasteiger partial charge in [-0.3, -0.25) is 5.41 Å². The molecule has 1 unspecified atom stereocenters. The molecule has 0 fully saturated rings. The molecule has 0 radical (unpaired) electrons. The van der Waals surface area contributed by atoms with Crippen LogP contribution in [-0.2, 0) is 0 Å². The Hall–Kier alpha value is -0.240. The third-order valence-corrected chi connectivity index (χ3v) is 4.73. The lowest BCUT2D eigenvalue weighted by atomic mass is 10.1. The van der Waals surface area contributed by atoms with Crippen molar-refractivity contribution in [3.8, 4) is 0 Å². The summed E-state index contributed by atoms with van der Waals surface area (Å²) in [6, 6.07) is 7.63. The van der Waals surface area contributed by atoms with Crippen molar-refractivity contribution in [3.05, 3.63) is 46.2 Å². The molecule has 4 nitrogen and oxygen atoms in total. The average molecular weight is 481 g/mol. The van der Waals surface area contributed by atoms with Gasteiger partial charge in [-0.25, -0.2) is 9.97 Å². The van der Waals surface area contributed by atoms with E-state index in [1.165, 1.54) is 11.8 Å². The topological polar surface area (TPSA) is 61.7 Å². The zero-order valence-corrected chi connectivity index (χ0v) is 16.0. The Morgan fingerprint density at radius 1 is 1.45 bits per heavy atom. The van der Waals surface area contributed by atoms with Gasteiger partial charge in [-0.15, -0.1) is 0 Å². The van der Waals surface area contributed by atoms with Crippen LogP contribution in [0.3, 0.4) is 0 Å². The van der Waals surface area contributed by atoms with Crippen LogP contribution in [0.5, 0.6) is 0 Å². The van der Waals surface area contributed by atoms with Gasteiger partial charge in [0.05, 0.1) is 11.4 Å². The van der Waals surface area contributed by atoms with Crippen LogP contribution in [0, 0.1) is 5.41 Å². The van der Waals surface area contributed by atoms with Gasteiger partial charge in [0.15, 0.2) is 5.16 Å². The van der Waals surface area contributed by atoms with Crippen molar-refractivity contribution in [2.75, 3.05) is 11.3 Å². The molecule has 0 aliphatic carbocycles. The van der Waals surface area contributed by atoms with E-state index in [0.717, 1.165) is 15.7 Å². The number of anilines is 1. The summed E-state index contributed by atoms with van der Waals surface area (Å²) >= 11 is 7.20. The maximum absolute atomic E-state index is 8.40. The van der Waals surface area contributed by atoms with Gasteiger partial charge in [0.25, 0.3) is 0 Å². The molecule has 2 N–H and O–H groups in total. The van der Waals surface area contributed by atoms with Crippen molar-refractivity contribution in [1.82, 2.24) is 9.97 Å². The fourth-order valence-electron chi connectivity index (χ4n) is 1.60. The molecular formula is C12H11BrIN4PS. The summed E-state index contributed by atoms with van der Waals surface area (Å²) in [4.78, 5) is 8.52. The van der Waals surface area contributed by atoms with Crippen molar-refractivity contribution in [2.24, 2.45) is 0 Å². The summed E-state index contributed by atoms with van der Waals surface area (Å²) in [5, 5.41) is 12.4. The number of aromatic nitrogens is 2. The number of halogens is 2. The van der Waals surface area contributed by atoms with E-state index in [-0.39, 0.29) is 0 Å². The number of thioether (sulfide) groups is 1. The molecule has 1 aromatic carbocycles. The Kier molecular flexibility index (Phi) is 6.20. The van der Waals surface area contributed by atoms with E-state index in [0.29, 0.717) is 22.9 Å². The molecule has 2 rings (SSSR count). The van der Waals surface area contributed by atoms with Gasteiger partial charge in [0.2, 0.25) is 0 Å². The lowest BCUT2D eigenvalue weighted by molar-refractivity contribution is 0.959. The van der Waals surface area contributed by atoms with E-state index in [2.05, 4.69) is 53.0 Å². The van der Waals surface area contributed by atoms with Crippen molar-refractivity contribution >= 4 is 67.5 Å². The Labute approximate surface area is 144 Å². The molecule has 1 heterocycles. The molecular weight excluding hydrogens is 470 g/mol. The van der Waals surface area contributed by atoms with Gasteiger partial charge in [-0.05, 0) is 52.6 Å². The van der Waals surface area contributed by atoms with Gasteiger partial charge in [0, 0.05) is 28.3 Å². The van der Waals surface area contributed by atoms with Crippen LogP contribution >= 0.6 is 56.1 Å². The first-order valence-corrected chi connectivity index (χ1v) is 11.7. The Morgan fingerprint density at radius 3 is 2.95 bits per heavy atom.